The van der Waals surface area contributed by atoms with Crippen molar-refractivity contribution in [1.29, 1.82) is 0 Å². The van der Waals surface area contributed by atoms with E-state index in [0.717, 1.165) is 0 Å². The zero-order valence-electron chi connectivity index (χ0n) is 7.39. The van der Waals surface area contributed by atoms with Gasteiger partial charge in [0.15, 0.2) is 0 Å². The topological polar surface area (TPSA) is 187 Å². The van der Waals surface area contributed by atoms with Gasteiger partial charge in [-0.05, 0) is 0 Å². The van der Waals surface area contributed by atoms with Gasteiger partial charge in [-0.3, -0.25) is 0 Å². The number of rotatable bonds is 2. The van der Waals surface area contributed by atoms with Crippen LogP contribution in [0, 0.1) is 15.3 Å². The molecule has 0 saturated carbocycles. The Morgan fingerprint density at radius 1 is 1.13 bits per heavy atom. The summed E-state index contributed by atoms with van der Waals surface area (Å²) in [7, 11) is 0. The molecule has 11 nitrogen and oxygen atoms in total. The standard InChI is InChI=1S/2Cr.K.Li.NO3.H2O.6O/c;;;;2-1(3)4;;;;;;;/h;;;;;1H2;;;;;;/q;3*+1;-1;;;;;;;-1/p-1. The van der Waals surface area contributed by atoms with E-state index >= 15 is 0 Å². The van der Waals surface area contributed by atoms with Gasteiger partial charge >= 0.3 is 124 Å². The molecule has 0 radical (unpaired) electrons. The van der Waals surface area contributed by atoms with Gasteiger partial charge in [-0.25, -0.2) is 0 Å². The van der Waals surface area contributed by atoms with Crippen LogP contribution in [0.25, 0.3) is 0 Å². The number of hydrogen-bond donors (Lipinski definition) is 1. The van der Waals surface area contributed by atoms with Crippen LogP contribution in [-0.4, -0.2) is 9.24 Å². The second kappa shape index (κ2) is 10.7. The zero-order valence-corrected chi connectivity index (χ0v) is 13.1. The van der Waals surface area contributed by atoms with Crippen molar-refractivity contribution >= 4 is 0 Å². The van der Waals surface area contributed by atoms with Gasteiger partial charge in [-0.1, -0.05) is 0 Å². The summed E-state index contributed by atoms with van der Waals surface area (Å²) in [6.45, 7) is 0. The van der Waals surface area contributed by atoms with Crippen molar-refractivity contribution in [1.82, 2.24) is 0 Å². The molecular formula is HCr2KLiNO10. The van der Waals surface area contributed by atoms with Crippen LogP contribution in [0.15, 0.2) is 0 Å². The molecule has 0 amide bonds. The van der Waals surface area contributed by atoms with Crippen molar-refractivity contribution in [3.05, 3.63) is 15.3 Å². The molecule has 0 aliphatic rings. The summed E-state index contributed by atoms with van der Waals surface area (Å²) in [5, 5.41) is 14.8. The normalized spacial score (nSPS) is 9.73. The molecule has 0 spiro atoms. The van der Waals surface area contributed by atoms with Crippen LogP contribution < -0.4 is 74.4 Å². The van der Waals surface area contributed by atoms with Crippen LogP contribution >= 0.6 is 0 Å². The third-order valence-corrected chi connectivity index (χ3v) is 2.88. The molecule has 0 saturated heterocycles. The summed E-state index contributed by atoms with van der Waals surface area (Å²) < 4.78 is 57.6. The fourth-order valence-corrected chi connectivity index (χ4v) is 1.79. The van der Waals surface area contributed by atoms with Crippen LogP contribution in [0.4, 0.5) is 0 Å². The Bertz CT molecular complexity index is 319. The number of nitrogens with zero attached hydrogens (tertiary/aromatic N) is 1. The molecule has 0 aliphatic heterocycles. The molecule has 0 aromatic rings. The van der Waals surface area contributed by atoms with Gasteiger partial charge in [-0.15, -0.1) is 0 Å². The van der Waals surface area contributed by atoms with Crippen LogP contribution in [0.2, 0.25) is 0 Å². The Labute approximate surface area is 142 Å². The molecule has 0 aliphatic carbocycles. The molecule has 0 aromatic carbocycles. The van der Waals surface area contributed by atoms with E-state index in [4.69, 9.17) is 19.5 Å². The molecule has 1 N–H and O–H groups in total. The Morgan fingerprint density at radius 3 is 1.33 bits per heavy atom. The molecule has 0 unspecified atom stereocenters. The average Bonchev–Trinajstić information content (AvgIpc) is 1.47. The molecule has 0 atom stereocenters. The van der Waals surface area contributed by atoms with Crippen molar-refractivity contribution < 1.29 is 129 Å². The van der Waals surface area contributed by atoms with E-state index in [1.165, 1.54) is 0 Å². The molecule has 15 heavy (non-hydrogen) atoms. The molecule has 0 rings (SSSR count). The first-order valence-corrected chi connectivity index (χ1v) is 6.11. The van der Waals surface area contributed by atoms with E-state index in [1.54, 1.807) is 0 Å². The van der Waals surface area contributed by atoms with Crippen molar-refractivity contribution in [3.8, 4) is 0 Å². The second-order valence-corrected chi connectivity index (χ2v) is 4.83. The monoisotopic (exact) mass is 325 g/mol. The summed E-state index contributed by atoms with van der Waals surface area (Å²) in [6, 6.07) is 0. The van der Waals surface area contributed by atoms with E-state index in [2.05, 4.69) is 2.84 Å². The average molecular weight is 325 g/mol. The van der Waals surface area contributed by atoms with E-state index in [-0.39, 0.29) is 70.2 Å². The van der Waals surface area contributed by atoms with Crippen LogP contribution in [0.3, 0.4) is 0 Å². The van der Waals surface area contributed by atoms with E-state index < -0.39 is 32.3 Å². The van der Waals surface area contributed by atoms with Crippen molar-refractivity contribution in [3.63, 3.8) is 0 Å². The van der Waals surface area contributed by atoms with Crippen molar-refractivity contribution in [2.75, 3.05) is 0 Å². The van der Waals surface area contributed by atoms with E-state index in [1.807, 2.05) is 0 Å². The molecular weight excluding hydrogens is 324 g/mol. The predicted molar refractivity (Wildman–Crippen MR) is 16.4 cm³/mol. The third-order valence-electron chi connectivity index (χ3n) is 0.169. The zero-order chi connectivity index (χ0) is 11.3. The van der Waals surface area contributed by atoms with E-state index in [0.29, 0.717) is 0 Å². The quantitative estimate of drug-likeness (QED) is 0.290. The molecule has 0 heterocycles. The number of hydrogen-bond acceptors (Lipinski definition) is 9. The first kappa shape index (κ1) is 25.4. The second-order valence-electron chi connectivity index (χ2n) is 1.13. The van der Waals surface area contributed by atoms with Gasteiger partial charge in [-0.2, -0.15) is 0 Å². The van der Waals surface area contributed by atoms with Crippen LogP contribution in [0.5, 0.6) is 0 Å². The summed E-state index contributed by atoms with van der Waals surface area (Å²) in [4.78, 5) is 8.25. The van der Waals surface area contributed by atoms with Crippen molar-refractivity contribution in [2.24, 2.45) is 0 Å². The molecule has 0 bridgehead atoms. The summed E-state index contributed by atoms with van der Waals surface area (Å²) >= 11 is -11.8. The Kier molecular flexibility index (Phi) is 18.2. The fraction of sp³-hybridized carbons (Fsp3) is 0. The molecule has 0 fully saturated rings. The van der Waals surface area contributed by atoms with Crippen molar-refractivity contribution in [2.45, 2.75) is 0 Å². The fourth-order valence-electron chi connectivity index (χ4n) is 0.105. The third kappa shape index (κ3) is 50.0. The predicted octanol–water partition coefficient (Wildman–Crippen LogP) is -8.53. The molecule has 0 aromatic heterocycles. The maximum atomic E-state index is 9.49. The molecule has 15 heteroatoms. The van der Waals surface area contributed by atoms with Crippen LogP contribution in [0.1, 0.15) is 0 Å². The minimum absolute atomic E-state index is 0. The SMILES string of the molecule is O=[N+]([O-])[O-].[K+].[Li+].[O]=[Cr](=[O])([O-])[O][Cr](=[O])(=[O])[OH]. The van der Waals surface area contributed by atoms with E-state index in [9.17, 15) is 19.4 Å². The Balaban J connectivity index is -0.0000000883. The first-order chi connectivity index (χ1) is 5.44. The van der Waals surface area contributed by atoms with Gasteiger partial charge < -0.3 is 15.3 Å². The molecule has 80 valence electrons. The van der Waals surface area contributed by atoms with Gasteiger partial charge in [0.25, 0.3) is 0 Å². The summed E-state index contributed by atoms with van der Waals surface area (Å²) in [6.07, 6.45) is 0. The van der Waals surface area contributed by atoms with Gasteiger partial charge in [0.2, 0.25) is 0 Å². The van der Waals surface area contributed by atoms with Crippen LogP contribution in [-0.2, 0) is 45.3 Å². The van der Waals surface area contributed by atoms with Gasteiger partial charge in [0.05, 0.1) is 5.09 Å². The summed E-state index contributed by atoms with van der Waals surface area (Å²) in [5.41, 5.74) is 0. The maximum absolute atomic E-state index is 9.49. The first-order valence-electron chi connectivity index (χ1n) is 1.90. The summed E-state index contributed by atoms with van der Waals surface area (Å²) in [5.74, 6) is 0. The van der Waals surface area contributed by atoms with Gasteiger partial charge in [0, 0.05) is 0 Å². The Hall–Kier alpha value is 1.58. The minimum atomic E-state index is -6.01. The Morgan fingerprint density at radius 2 is 1.33 bits per heavy atom. The van der Waals surface area contributed by atoms with Gasteiger partial charge in [0.1, 0.15) is 0 Å².